The number of nitrogens with one attached hydrogen (secondary N) is 1. The molecule has 2 aromatic rings. The van der Waals surface area contributed by atoms with E-state index in [9.17, 15) is 0 Å². The van der Waals surface area contributed by atoms with Crippen molar-refractivity contribution in [2.75, 3.05) is 16.8 Å². The molecule has 2 heterocycles. The molecule has 4 heteroatoms. The molecular weight excluding hydrogens is 296 g/mol. The lowest BCUT2D eigenvalue weighted by Crippen LogP contribution is -2.40. The number of aryl methyl sites for hydroxylation is 3. The minimum absolute atomic E-state index is 0.565. The minimum atomic E-state index is 0.565. The second kappa shape index (κ2) is 7.20. The van der Waals surface area contributed by atoms with E-state index < -0.39 is 0 Å². The molecule has 0 amide bonds. The summed E-state index contributed by atoms with van der Waals surface area (Å²) in [5, 5.41) is 3.45. The van der Waals surface area contributed by atoms with Gasteiger partial charge in [-0.05, 0) is 69.7 Å². The predicted octanol–water partition coefficient (Wildman–Crippen LogP) is 4.91. The molecule has 0 aliphatic carbocycles. The Labute approximate surface area is 145 Å². The lowest BCUT2D eigenvalue weighted by molar-refractivity contribution is 0.443. The van der Waals surface area contributed by atoms with Crippen LogP contribution in [0, 0.1) is 20.8 Å². The van der Waals surface area contributed by atoms with Crippen LogP contribution in [0.4, 0.5) is 17.5 Å². The zero-order chi connectivity index (χ0) is 17.1. The van der Waals surface area contributed by atoms with Gasteiger partial charge in [-0.3, -0.25) is 0 Å². The first-order chi connectivity index (χ1) is 11.6. The normalized spacial score (nSPS) is 17.8. The summed E-state index contributed by atoms with van der Waals surface area (Å²) in [4.78, 5) is 11.9. The Bertz CT molecular complexity index is 711. The van der Waals surface area contributed by atoms with Crippen LogP contribution in [-0.2, 0) is 0 Å². The Kier molecular flexibility index (Phi) is 5.03. The molecule has 0 spiro atoms. The van der Waals surface area contributed by atoms with E-state index in [-0.39, 0.29) is 0 Å². The number of rotatable bonds is 4. The maximum absolute atomic E-state index is 4.81. The topological polar surface area (TPSA) is 41.1 Å². The van der Waals surface area contributed by atoms with Gasteiger partial charge in [0.25, 0.3) is 0 Å². The predicted molar refractivity (Wildman–Crippen MR) is 101 cm³/mol. The number of aromatic nitrogens is 2. The average molecular weight is 324 g/mol. The molecule has 1 aromatic carbocycles. The SMILES string of the molecule is CCC1CCCCN1c1nc(C)cc(Nc2ccc(C)c(C)c2)n1. The van der Waals surface area contributed by atoms with Crippen LogP contribution >= 0.6 is 0 Å². The molecule has 1 saturated heterocycles. The molecule has 0 bridgehead atoms. The average Bonchev–Trinajstić information content (AvgIpc) is 2.57. The monoisotopic (exact) mass is 324 g/mol. The summed E-state index contributed by atoms with van der Waals surface area (Å²) in [5.74, 6) is 1.74. The highest BCUT2D eigenvalue weighted by molar-refractivity contribution is 5.59. The Balaban J connectivity index is 1.86. The molecule has 0 radical (unpaired) electrons. The smallest absolute Gasteiger partial charge is 0.227 e. The van der Waals surface area contributed by atoms with Gasteiger partial charge in [0, 0.05) is 30.0 Å². The van der Waals surface area contributed by atoms with Crippen LogP contribution in [0.1, 0.15) is 49.4 Å². The van der Waals surface area contributed by atoms with E-state index in [1.165, 1.54) is 30.4 Å². The molecular formula is C20H28N4. The zero-order valence-electron chi connectivity index (χ0n) is 15.3. The van der Waals surface area contributed by atoms with Crippen molar-refractivity contribution in [2.45, 2.75) is 59.4 Å². The molecule has 0 saturated carbocycles. The Hall–Kier alpha value is -2.10. The molecule has 128 valence electrons. The van der Waals surface area contributed by atoms with Crippen LogP contribution in [0.3, 0.4) is 0 Å². The lowest BCUT2D eigenvalue weighted by Gasteiger charge is -2.35. The maximum atomic E-state index is 4.81. The van der Waals surface area contributed by atoms with Crippen molar-refractivity contribution in [3.05, 3.63) is 41.1 Å². The van der Waals surface area contributed by atoms with Gasteiger partial charge in [-0.25, -0.2) is 4.98 Å². The van der Waals surface area contributed by atoms with Crippen LogP contribution in [-0.4, -0.2) is 22.6 Å². The summed E-state index contributed by atoms with van der Waals surface area (Å²) in [6.07, 6.45) is 4.94. The van der Waals surface area contributed by atoms with Crippen molar-refractivity contribution in [1.29, 1.82) is 0 Å². The second-order valence-electron chi connectivity index (χ2n) is 6.87. The van der Waals surface area contributed by atoms with Gasteiger partial charge >= 0.3 is 0 Å². The summed E-state index contributed by atoms with van der Waals surface area (Å²) >= 11 is 0. The Morgan fingerprint density at radius 3 is 2.67 bits per heavy atom. The highest BCUT2D eigenvalue weighted by Crippen LogP contribution is 2.26. The van der Waals surface area contributed by atoms with Crippen molar-refractivity contribution < 1.29 is 0 Å². The van der Waals surface area contributed by atoms with Gasteiger partial charge in [0.1, 0.15) is 5.82 Å². The second-order valence-corrected chi connectivity index (χ2v) is 6.87. The van der Waals surface area contributed by atoms with Crippen LogP contribution in [0.25, 0.3) is 0 Å². The first-order valence-electron chi connectivity index (χ1n) is 9.03. The molecule has 1 unspecified atom stereocenters. The summed E-state index contributed by atoms with van der Waals surface area (Å²) in [5.41, 5.74) is 4.67. The third kappa shape index (κ3) is 3.69. The summed E-state index contributed by atoms with van der Waals surface area (Å²) in [7, 11) is 0. The van der Waals surface area contributed by atoms with Crippen LogP contribution in [0.2, 0.25) is 0 Å². The van der Waals surface area contributed by atoms with Gasteiger partial charge in [0.2, 0.25) is 5.95 Å². The first-order valence-corrected chi connectivity index (χ1v) is 9.03. The van der Waals surface area contributed by atoms with E-state index in [4.69, 9.17) is 9.97 Å². The van der Waals surface area contributed by atoms with Crippen LogP contribution < -0.4 is 10.2 Å². The highest BCUT2D eigenvalue weighted by Gasteiger charge is 2.23. The fourth-order valence-corrected chi connectivity index (χ4v) is 3.40. The van der Waals surface area contributed by atoms with Crippen molar-refractivity contribution in [3.8, 4) is 0 Å². The van der Waals surface area contributed by atoms with E-state index in [1.807, 2.05) is 13.0 Å². The third-order valence-corrected chi connectivity index (χ3v) is 4.98. The van der Waals surface area contributed by atoms with Gasteiger partial charge < -0.3 is 10.2 Å². The van der Waals surface area contributed by atoms with Crippen molar-refractivity contribution in [3.63, 3.8) is 0 Å². The molecule has 3 rings (SSSR count). The fourth-order valence-electron chi connectivity index (χ4n) is 3.40. The van der Waals surface area contributed by atoms with Gasteiger partial charge in [-0.1, -0.05) is 13.0 Å². The molecule has 24 heavy (non-hydrogen) atoms. The molecule has 1 atom stereocenters. The number of anilines is 3. The van der Waals surface area contributed by atoms with E-state index in [0.717, 1.165) is 36.1 Å². The van der Waals surface area contributed by atoms with Crippen LogP contribution in [0.5, 0.6) is 0 Å². The van der Waals surface area contributed by atoms with Gasteiger partial charge in [0.15, 0.2) is 0 Å². The van der Waals surface area contributed by atoms with Crippen molar-refractivity contribution in [2.24, 2.45) is 0 Å². The third-order valence-electron chi connectivity index (χ3n) is 4.98. The van der Waals surface area contributed by atoms with E-state index in [0.29, 0.717) is 6.04 Å². The molecule has 1 fully saturated rings. The number of hydrogen-bond donors (Lipinski definition) is 1. The van der Waals surface area contributed by atoms with Crippen LogP contribution in [0.15, 0.2) is 24.3 Å². The van der Waals surface area contributed by atoms with E-state index >= 15 is 0 Å². The Morgan fingerprint density at radius 1 is 1.08 bits per heavy atom. The van der Waals surface area contributed by atoms with Gasteiger partial charge in [-0.2, -0.15) is 4.98 Å². The van der Waals surface area contributed by atoms with Crippen molar-refractivity contribution >= 4 is 17.5 Å². The zero-order valence-corrected chi connectivity index (χ0v) is 15.3. The minimum Gasteiger partial charge on any atom is -0.340 e. The highest BCUT2D eigenvalue weighted by atomic mass is 15.3. The number of hydrogen-bond acceptors (Lipinski definition) is 4. The van der Waals surface area contributed by atoms with Gasteiger partial charge in [0.05, 0.1) is 0 Å². The largest absolute Gasteiger partial charge is 0.340 e. The fraction of sp³-hybridized carbons (Fsp3) is 0.500. The number of benzene rings is 1. The maximum Gasteiger partial charge on any atom is 0.227 e. The van der Waals surface area contributed by atoms with Crippen molar-refractivity contribution in [1.82, 2.24) is 9.97 Å². The molecule has 1 aliphatic heterocycles. The lowest BCUT2D eigenvalue weighted by atomic mass is 10.0. The number of piperidine rings is 1. The molecule has 1 aromatic heterocycles. The molecule has 1 N–H and O–H groups in total. The quantitative estimate of drug-likeness (QED) is 0.867. The van der Waals surface area contributed by atoms with Gasteiger partial charge in [-0.15, -0.1) is 0 Å². The molecule has 1 aliphatic rings. The van der Waals surface area contributed by atoms with E-state index in [1.54, 1.807) is 0 Å². The summed E-state index contributed by atoms with van der Waals surface area (Å²) in [6.45, 7) is 9.63. The molecule has 4 nitrogen and oxygen atoms in total. The standard InChI is InChI=1S/C20H28N4/c1-5-18-8-6-7-11-24(18)20-21-16(4)13-19(23-20)22-17-10-9-14(2)15(3)12-17/h9-10,12-13,18H,5-8,11H2,1-4H3,(H,21,22,23). The number of nitrogens with zero attached hydrogens (tertiary/aromatic N) is 3. The Morgan fingerprint density at radius 2 is 1.92 bits per heavy atom. The summed E-state index contributed by atoms with van der Waals surface area (Å²) in [6, 6.07) is 9.00. The van der Waals surface area contributed by atoms with E-state index in [2.05, 4.69) is 49.2 Å². The first kappa shape index (κ1) is 16.7. The summed E-state index contributed by atoms with van der Waals surface area (Å²) < 4.78 is 0.